The van der Waals surface area contributed by atoms with Gasteiger partial charge in [0.1, 0.15) is 0 Å². The van der Waals surface area contributed by atoms with Crippen molar-refractivity contribution in [3.8, 4) is 0 Å². The maximum Gasteiger partial charge on any atom is 0.317 e. The van der Waals surface area contributed by atoms with E-state index < -0.39 is 0 Å². The Morgan fingerprint density at radius 2 is 1.89 bits per heavy atom. The maximum absolute atomic E-state index is 12.2. The van der Waals surface area contributed by atoms with Crippen molar-refractivity contribution < 1.29 is 4.79 Å². The summed E-state index contributed by atoms with van der Waals surface area (Å²) in [5.74, 6) is 1.50. The molecule has 0 aromatic carbocycles. The molecule has 1 N–H and O–H groups in total. The van der Waals surface area contributed by atoms with Crippen LogP contribution in [0, 0.1) is 11.8 Å². The third-order valence-electron chi connectivity index (χ3n) is 4.35. The molecule has 2 rings (SSSR count). The van der Waals surface area contributed by atoms with Gasteiger partial charge in [-0.05, 0) is 37.5 Å². The Hall–Kier alpha value is -0.730. The standard InChI is InChI=1S/C16H30N2O/c1-13(2)12-18(15-9-10-15)16(19)17-11-5-8-14-6-3-4-7-14/h13-15H,3-12H2,1-2H3,(H,17,19). The van der Waals surface area contributed by atoms with Crippen molar-refractivity contribution in [2.45, 2.75) is 71.3 Å². The van der Waals surface area contributed by atoms with Crippen LogP contribution in [0.5, 0.6) is 0 Å². The van der Waals surface area contributed by atoms with E-state index in [9.17, 15) is 4.79 Å². The van der Waals surface area contributed by atoms with Gasteiger partial charge in [0.15, 0.2) is 0 Å². The molecule has 2 saturated carbocycles. The lowest BCUT2D eigenvalue weighted by molar-refractivity contribution is 0.187. The molecule has 19 heavy (non-hydrogen) atoms. The highest BCUT2D eigenvalue weighted by atomic mass is 16.2. The van der Waals surface area contributed by atoms with E-state index >= 15 is 0 Å². The summed E-state index contributed by atoms with van der Waals surface area (Å²) in [5.41, 5.74) is 0. The average molecular weight is 266 g/mol. The molecule has 3 nitrogen and oxygen atoms in total. The van der Waals surface area contributed by atoms with Crippen LogP contribution in [-0.2, 0) is 0 Å². The van der Waals surface area contributed by atoms with Gasteiger partial charge in [-0.3, -0.25) is 0 Å². The fourth-order valence-corrected chi connectivity index (χ4v) is 3.16. The summed E-state index contributed by atoms with van der Waals surface area (Å²) in [4.78, 5) is 14.2. The fraction of sp³-hybridized carbons (Fsp3) is 0.938. The Labute approximate surface area is 118 Å². The summed E-state index contributed by atoms with van der Waals surface area (Å²) < 4.78 is 0. The summed E-state index contributed by atoms with van der Waals surface area (Å²) in [6.45, 7) is 6.13. The third-order valence-corrected chi connectivity index (χ3v) is 4.35. The molecule has 0 spiro atoms. The summed E-state index contributed by atoms with van der Waals surface area (Å²) in [7, 11) is 0. The smallest absolute Gasteiger partial charge is 0.317 e. The molecule has 2 aliphatic rings. The first-order valence-electron chi connectivity index (χ1n) is 8.21. The van der Waals surface area contributed by atoms with E-state index in [1.807, 2.05) is 0 Å². The van der Waals surface area contributed by atoms with Gasteiger partial charge in [0.2, 0.25) is 0 Å². The molecule has 0 saturated heterocycles. The van der Waals surface area contributed by atoms with Gasteiger partial charge >= 0.3 is 6.03 Å². The molecule has 0 heterocycles. The zero-order valence-corrected chi connectivity index (χ0v) is 12.7. The van der Waals surface area contributed by atoms with Crippen molar-refractivity contribution in [2.24, 2.45) is 11.8 Å². The van der Waals surface area contributed by atoms with Crippen molar-refractivity contribution in [3.63, 3.8) is 0 Å². The summed E-state index contributed by atoms with van der Waals surface area (Å²) in [5, 5.41) is 3.12. The van der Waals surface area contributed by atoms with Crippen molar-refractivity contribution in [3.05, 3.63) is 0 Å². The minimum absolute atomic E-state index is 0.169. The van der Waals surface area contributed by atoms with Crippen LogP contribution < -0.4 is 5.32 Å². The molecule has 110 valence electrons. The largest absolute Gasteiger partial charge is 0.338 e. The van der Waals surface area contributed by atoms with Crippen molar-refractivity contribution in [1.82, 2.24) is 10.2 Å². The molecular weight excluding hydrogens is 236 g/mol. The second kappa shape index (κ2) is 7.16. The number of nitrogens with one attached hydrogen (secondary N) is 1. The predicted octanol–water partition coefficient (Wildman–Crippen LogP) is 3.79. The van der Waals surface area contributed by atoms with Gasteiger partial charge in [-0.1, -0.05) is 39.5 Å². The molecule has 0 aliphatic heterocycles. The van der Waals surface area contributed by atoms with E-state index in [1.165, 1.54) is 44.9 Å². The number of amides is 2. The van der Waals surface area contributed by atoms with E-state index in [4.69, 9.17) is 0 Å². The second-order valence-electron chi connectivity index (χ2n) is 6.80. The zero-order chi connectivity index (χ0) is 13.7. The van der Waals surface area contributed by atoms with Crippen LogP contribution in [-0.4, -0.2) is 30.1 Å². The molecule has 3 heteroatoms. The number of hydrogen-bond acceptors (Lipinski definition) is 1. The molecule has 2 amide bonds. The van der Waals surface area contributed by atoms with Crippen LogP contribution in [0.25, 0.3) is 0 Å². The second-order valence-corrected chi connectivity index (χ2v) is 6.80. The molecule has 0 atom stereocenters. The number of rotatable bonds is 7. The van der Waals surface area contributed by atoms with E-state index in [2.05, 4.69) is 24.1 Å². The Kier molecular flexibility index (Phi) is 5.53. The Morgan fingerprint density at radius 1 is 1.21 bits per heavy atom. The van der Waals surface area contributed by atoms with Crippen molar-refractivity contribution >= 4 is 6.03 Å². The SMILES string of the molecule is CC(C)CN(C(=O)NCCCC1CCCC1)C1CC1. The van der Waals surface area contributed by atoms with Gasteiger partial charge in [0.25, 0.3) is 0 Å². The van der Waals surface area contributed by atoms with Crippen molar-refractivity contribution in [1.29, 1.82) is 0 Å². The lowest BCUT2D eigenvalue weighted by atomic mass is 10.0. The summed E-state index contributed by atoms with van der Waals surface area (Å²) in [6, 6.07) is 0.694. The quantitative estimate of drug-likeness (QED) is 0.699. The van der Waals surface area contributed by atoms with Crippen LogP contribution in [0.15, 0.2) is 0 Å². The molecule has 0 aromatic rings. The molecular formula is C16H30N2O. The van der Waals surface area contributed by atoms with Crippen LogP contribution in [0.3, 0.4) is 0 Å². The Bertz CT molecular complexity index is 280. The third kappa shape index (κ3) is 5.04. The molecule has 0 unspecified atom stereocenters. The van der Waals surface area contributed by atoms with Crippen LogP contribution in [0.4, 0.5) is 4.79 Å². The number of urea groups is 1. The predicted molar refractivity (Wildman–Crippen MR) is 79.2 cm³/mol. The van der Waals surface area contributed by atoms with Crippen LogP contribution in [0.2, 0.25) is 0 Å². The maximum atomic E-state index is 12.2. The molecule has 2 fully saturated rings. The molecule has 2 aliphatic carbocycles. The minimum Gasteiger partial charge on any atom is -0.338 e. The van der Waals surface area contributed by atoms with Gasteiger partial charge in [0.05, 0.1) is 0 Å². The van der Waals surface area contributed by atoms with Crippen molar-refractivity contribution in [2.75, 3.05) is 13.1 Å². The first kappa shape index (κ1) is 14.7. The van der Waals surface area contributed by atoms with Crippen LogP contribution in [0.1, 0.15) is 65.2 Å². The van der Waals surface area contributed by atoms with E-state index in [0.29, 0.717) is 12.0 Å². The summed E-state index contributed by atoms with van der Waals surface area (Å²) >= 11 is 0. The number of hydrogen-bond donors (Lipinski definition) is 1. The van der Waals surface area contributed by atoms with E-state index in [0.717, 1.165) is 25.4 Å². The van der Waals surface area contributed by atoms with Gasteiger partial charge in [-0.2, -0.15) is 0 Å². The van der Waals surface area contributed by atoms with Gasteiger partial charge in [-0.25, -0.2) is 4.79 Å². The topological polar surface area (TPSA) is 32.3 Å². The minimum atomic E-state index is 0.169. The van der Waals surface area contributed by atoms with Gasteiger partial charge in [-0.15, -0.1) is 0 Å². The molecule has 0 aromatic heterocycles. The highest BCUT2D eigenvalue weighted by Gasteiger charge is 2.32. The van der Waals surface area contributed by atoms with Crippen LogP contribution >= 0.6 is 0 Å². The van der Waals surface area contributed by atoms with Gasteiger partial charge in [0, 0.05) is 19.1 Å². The van der Waals surface area contributed by atoms with Gasteiger partial charge < -0.3 is 10.2 Å². The highest BCUT2D eigenvalue weighted by molar-refractivity contribution is 5.74. The zero-order valence-electron chi connectivity index (χ0n) is 12.7. The molecule has 0 radical (unpaired) electrons. The Morgan fingerprint density at radius 3 is 2.47 bits per heavy atom. The first-order chi connectivity index (χ1) is 9.16. The fourth-order valence-electron chi connectivity index (χ4n) is 3.16. The number of carbonyl (C=O) groups excluding carboxylic acids is 1. The van der Waals surface area contributed by atoms with E-state index in [1.54, 1.807) is 0 Å². The molecule has 0 bridgehead atoms. The number of carbonyl (C=O) groups is 1. The highest BCUT2D eigenvalue weighted by Crippen LogP contribution is 2.29. The van der Waals surface area contributed by atoms with E-state index in [-0.39, 0.29) is 6.03 Å². The summed E-state index contributed by atoms with van der Waals surface area (Å²) in [6.07, 6.45) is 10.5. The monoisotopic (exact) mass is 266 g/mol. The first-order valence-corrected chi connectivity index (χ1v) is 8.21. The lowest BCUT2D eigenvalue weighted by Gasteiger charge is -2.24. The number of nitrogens with zero attached hydrogens (tertiary/aromatic N) is 1. The average Bonchev–Trinajstić information content (AvgIpc) is 3.08. The lowest BCUT2D eigenvalue weighted by Crippen LogP contribution is -2.43. The normalized spacial score (nSPS) is 19.9. The Balaban J connectivity index is 1.61.